The van der Waals surface area contributed by atoms with Gasteiger partial charge in [0.25, 0.3) is 0 Å². The van der Waals surface area contributed by atoms with E-state index in [0.29, 0.717) is 6.54 Å². The summed E-state index contributed by atoms with van der Waals surface area (Å²) in [5.74, 6) is 0.855. The van der Waals surface area contributed by atoms with Crippen LogP contribution in [0.1, 0.15) is 30.9 Å². The lowest BCUT2D eigenvalue weighted by atomic mass is 9.97. The second-order valence-electron chi connectivity index (χ2n) is 7.92. The van der Waals surface area contributed by atoms with E-state index in [4.69, 9.17) is 0 Å². The normalized spacial score (nSPS) is 16.3. The van der Waals surface area contributed by atoms with Gasteiger partial charge in [-0.15, -0.1) is 10.2 Å². The van der Waals surface area contributed by atoms with E-state index in [0.717, 1.165) is 48.6 Å². The van der Waals surface area contributed by atoms with Crippen molar-refractivity contribution in [1.29, 1.82) is 0 Å². The highest BCUT2D eigenvalue weighted by Gasteiger charge is 2.27. The number of nitrogens with zero attached hydrogens (tertiary/aromatic N) is 3. The number of benzene rings is 2. The number of hydrogen-bond donors (Lipinski definition) is 1. The Morgan fingerprint density at radius 3 is 2.57 bits per heavy atom. The Labute approximate surface area is 178 Å². The molecule has 5 heteroatoms. The molecule has 1 aliphatic rings. The molecule has 1 aromatic heterocycles. The van der Waals surface area contributed by atoms with Gasteiger partial charge in [0.2, 0.25) is 5.91 Å². The van der Waals surface area contributed by atoms with Crippen LogP contribution in [0, 0.1) is 12.8 Å². The largest absolute Gasteiger partial charge is 0.354 e. The van der Waals surface area contributed by atoms with Gasteiger partial charge in [-0.3, -0.25) is 4.79 Å². The van der Waals surface area contributed by atoms with Crippen molar-refractivity contribution in [3.63, 3.8) is 0 Å². The summed E-state index contributed by atoms with van der Waals surface area (Å²) in [6, 6.07) is 20.3. The first-order valence-electron chi connectivity index (χ1n) is 10.7. The molecule has 1 amide bonds. The molecule has 1 saturated heterocycles. The number of aromatic nitrogens is 2. The highest BCUT2D eigenvalue weighted by molar-refractivity contribution is 5.93. The van der Waals surface area contributed by atoms with Crippen LogP contribution in [-0.2, 0) is 11.2 Å². The SMILES string of the molecule is CCc1ccc(NC(=O)C2CCCN(c3ccc(-c4ccccc4C)nn3)C2)cc1. The topological polar surface area (TPSA) is 58.1 Å². The quantitative estimate of drug-likeness (QED) is 0.664. The maximum Gasteiger partial charge on any atom is 0.229 e. The summed E-state index contributed by atoms with van der Waals surface area (Å²) < 4.78 is 0. The average molecular weight is 401 g/mol. The molecule has 30 heavy (non-hydrogen) atoms. The number of carbonyl (C=O) groups excluding carboxylic acids is 1. The van der Waals surface area contributed by atoms with Crippen LogP contribution < -0.4 is 10.2 Å². The lowest BCUT2D eigenvalue weighted by Crippen LogP contribution is -2.41. The molecule has 2 aromatic carbocycles. The number of rotatable bonds is 5. The third-order valence-electron chi connectivity index (χ3n) is 5.82. The van der Waals surface area contributed by atoms with Crippen LogP contribution in [0.15, 0.2) is 60.7 Å². The Hall–Kier alpha value is -3.21. The monoisotopic (exact) mass is 400 g/mol. The minimum Gasteiger partial charge on any atom is -0.354 e. The molecule has 1 N–H and O–H groups in total. The third-order valence-corrected chi connectivity index (χ3v) is 5.82. The van der Waals surface area contributed by atoms with Crippen molar-refractivity contribution in [2.75, 3.05) is 23.3 Å². The van der Waals surface area contributed by atoms with Crippen molar-refractivity contribution in [3.05, 3.63) is 71.8 Å². The summed E-state index contributed by atoms with van der Waals surface area (Å²) in [5.41, 5.74) is 5.28. The molecular formula is C25H28N4O. The van der Waals surface area contributed by atoms with Crippen molar-refractivity contribution < 1.29 is 4.79 Å². The molecule has 0 spiro atoms. The molecule has 2 heterocycles. The lowest BCUT2D eigenvalue weighted by molar-refractivity contribution is -0.120. The van der Waals surface area contributed by atoms with E-state index >= 15 is 0 Å². The Morgan fingerprint density at radius 2 is 1.87 bits per heavy atom. The fourth-order valence-corrected chi connectivity index (χ4v) is 3.97. The van der Waals surface area contributed by atoms with E-state index in [1.54, 1.807) is 0 Å². The van der Waals surface area contributed by atoms with Crippen molar-refractivity contribution in [3.8, 4) is 11.3 Å². The van der Waals surface area contributed by atoms with Crippen molar-refractivity contribution in [1.82, 2.24) is 10.2 Å². The first-order chi connectivity index (χ1) is 14.6. The van der Waals surface area contributed by atoms with Gasteiger partial charge in [-0.2, -0.15) is 0 Å². The van der Waals surface area contributed by atoms with Crippen LogP contribution >= 0.6 is 0 Å². The number of hydrogen-bond acceptors (Lipinski definition) is 4. The molecule has 0 radical (unpaired) electrons. The predicted molar refractivity (Wildman–Crippen MR) is 122 cm³/mol. The molecule has 4 rings (SSSR count). The number of carbonyl (C=O) groups is 1. The first kappa shape index (κ1) is 20.1. The summed E-state index contributed by atoms with van der Waals surface area (Å²) in [4.78, 5) is 15.0. The highest BCUT2D eigenvalue weighted by Crippen LogP contribution is 2.25. The summed E-state index contributed by atoms with van der Waals surface area (Å²) in [5, 5.41) is 12.0. The molecular weight excluding hydrogens is 372 g/mol. The Kier molecular flexibility index (Phi) is 6.07. The fraction of sp³-hybridized carbons (Fsp3) is 0.320. The van der Waals surface area contributed by atoms with E-state index in [2.05, 4.69) is 58.5 Å². The lowest BCUT2D eigenvalue weighted by Gasteiger charge is -2.32. The van der Waals surface area contributed by atoms with E-state index in [-0.39, 0.29) is 11.8 Å². The van der Waals surface area contributed by atoms with E-state index in [9.17, 15) is 4.79 Å². The maximum atomic E-state index is 12.8. The van der Waals surface area contributed by atoms with Gasteiger partial charge >= 0.3 is 0 Å². The van der Waals surface area contributed by atoms with Crippen molar-refractivity contribution in [2.24, 2.45) is 5.92 Å². The zero-order chi connectivity index (χ0) is 20.9. The second kappa shape index (κ2) is 9.08. The molecule has 1 fully saturated rings. The molecule has 1 atom stereocenters. The zero-order valence-corrected chi connectivity index (χ0v) is 17.6. The number of aryl methyl sites for hydroxylation is 2. The van der Waals surface area contributed by atoms with Gasteiger partial charge in [0.15, 0.2) is 5.82 Å². The minimum atomic E-state index is -0.0533. The summed E-state index contributed by atoms with van der Waals surface area (Å²) in [6.07, 6.45) is 2.85. The smallest absolute Gasteiger partial charge is 0.229 e. The Bertz CT molecular complexity index is 998. The predicted octanol–water partition coefficient (Wildman–Crippen LogP) is 4.87. The summed E-state index contributed by atoms with van der Waals surface area (Å²) >= 11 is 0. The number of amides is 1. The highest BCUT2D eigenvalue weighted by atomic mass is 16.1. The average Bonchev–Trinajstić information content (AvgIpc) is 2.80. The van der Waals surface area contributed by atoms with Crippen molar-refractivity contribution in [2.45, 2.75) is 33.1 Å². The fourth-order valence-electron chi connectivity index (χ4n) is 3.97. The number of piperidine rings is 1. The van der Waals surface area contributed by atoms with Gasteiger partial charge in [-0.05, 0) is 61.6 Å². The van der Waals surface area contributed by atoms with Gasteiger partial charge in [0, 0.05) is 24.3 Å². The molecule has 0 saturated carbocycles. The molecule has 5 nitrogen and oxygen atoms in total. The molecule has 1 aliphatic heterocycles. The van der Waals surface area contributed by atoms with Gasteiger partial charge in [0.1, 0.15) is 0 Å². The van der Waals surface area contributed by atoms with Gasteiger partial charge in [-0.25, -0.2) is 0 Å². The molecule has 0 bridgehead atoms. The molecule has 0 aliphatic carbocycles. The van der Waals surface area contributed by atoms with Crippen LogP contribution in [0.2, 0.25) is 0 Å². The van der Waals surface area contributed by atoms with E-state index < -0.39 is 0 Å². The first-order valence-corrected chi connectivity index (χ1v) is 10.7. The van der Waals surface area contributed by atoms with Crippen LogP contribution in [-0.4, -0.2) is 29.2 Å². The van der Waals surface area contributed by atoms with Crippen LogP contribution in [0.4, 0.5) is 11.5 Å². The number of nitrogens with one attached hydrogen (secondary N) is 1. The molecule has 154 valence electrons. The summed E-state index contributed by atoms with van der Waals surface area (Å²) in [6.45, 7) is 5.76. The van der Waals surface area contributed by atoms with Crippen LogP contribution in [0.25, 0.3) is 11.3 Å². The Morgan fingerprint density at radius 1 is 1.07 bits per heavy atom. The van der Waals surface area contributed by atoms with Gasteiger partial charge in [-0.1, -0.05) is 43.3 Å². The van der Waals surface area contributed by atoms with Crippen LogP contribution in [0.5, 0.6) is 0 Å². The Balaban J connectivity index is 1.42. The second-order valence-corrected chi connectivity index (χ2v) is 7.92. The van der Waals surface area contributed by atoms with Gasteiger partial charge < -0.3 is 10.2 Å². The molecule has 3 aromatic rings. The zero-order valence-electron chi connectivity index (χ0n) is 17.6. The van der Waals surface area contributed by atoms with Crippen molar-refractivity contribution >= 4 is 17.4 Å². The number of anilines is 2. The van der Waals surface area contributed by atoms with Gasteiger partial charge in [0.05, 0.1) is 11.6 Å². The van der Waals surface area contributed by atoms with E-state index in [1.807, 2.05) is 36.4 Å². The maximum absolute atomic E-state index is 12.8. The standard InChI is InChI=1S/C25H28N4O/c1-3-19-10-12-21(13-11-19)26-25(30)20-8-6-16-29(17-20)24-15-14-23(27-28-24)22-9-5-4-7-18(22)2/h4-5,7,9-15,20H,3,6,8,16-17H2,1-2H3,(H,26,30). The third kappa shape index (κ3) is 4.51. The molecule has 1 unspecified atom stereocenters. The van der Waals surface area contributed by atoms with E-state index in [1.165, 1.54) is 11.1 Å². The van der Waals surface area contributed by atoms with Crippen LogP contribution in [0.3, 0.4) is 0 Å². The summed E-state index contributed by atoms with van der Waals surface area (Å²) in [7, 11) is 0. The minimum absolute atomic E-state index is 0.0533.